The standard InChI is InChI=1S/C20H22ClFN2O/c1-14(17-5-2-3-6-18(17)22)23-19(25)24-20(11-4-12-20)13-15-7-9-16(21)10-8-15/h2-3,5-10,14H,4,11-13H2,1H3,(H2,23,24,25)/t14-/m0/s1. The van der Waals surface area contributed by atoms with Crippen molar-refractivity contribution in [1.29, 1.82) is 0 Å². The molecule has 0 radical (unpaired) electrons. The molecule has 1 atom stereocenters. The molecule has 0 spiro atoms. The van der Waals surface area contributed by atoms with Crippen LogP contribution in [0.25, 0.3) is 0 Å². The highest BCUT2D eigenvalue weighted by molar-refractivity contribution is 6.30. The third-order valence-corrected chi connectivity index (χ3v) is 5.12. The van der Waals surface area contributed by atoms with Crippen molar-refractivity contribution >= 4 is 17.6 Å². The van der Waals surface area contributed by atoms with E-state index in [4.69, 9.17) is 11.6 Å². The molecule has 1 aliphatic carbocycles. The van der Waals surface area contributed by atoms with Crippen LogP contribution >= 0.6 is 11.6 Å². The lowest BCUT2D eigenvalue weighted by Crippen LogP contribution is -2.57. The van der Waals surface area contributed by atoms with Crippen LogP contribution in [0.5, 0.6) is 0 Å². The molecule has 0 unspecified atom stereocenters. The fourth-order valence-electron chi connectivity index (χ4n) is 3.32. The summed E-state index contributed by atoms with van der Waals surface area (Å²) in [6.45, 7) is 1.78. The Morgan fingerprint density at radius 1 is 1.20 bits per heavy atom. The van der Waals surface area contributed by atoms with Gasteiger partial charge in [0, 0.05) is 16.1 Å². The summed E-state index contributed by atoms with van der Waals surface area (Å²) >= 11 is 5.93. The Morgan fingerprint density at radius 3 is 2.48 bits per heavy atom. The van der Waals surface area contributed by atoms with Crippen molar-refractivity contribution in [1.82, 2.24) is 10.6 Å². The average molecular weight is 361 g/mol. The predicted molar refractivity (Wildman–Crippen MR) is 98.2 cm³/mol. The van der Waals surface area contributed by atoms with Gasteiger partial charge in [-0.2, -0.15) is 0 Å². The van der Waals surface area contributed by atoms with Crippen LogP contribution < -0.4 is 10.6 Å². The van der Waals surface area contributed by atoms with Crippen LogP contribution in [0.1, 0.15) is 43.4 Å². The van der Waals surface area contributed by atoms with Crippen LogP contribution in [0.3, 0.4) is 0 Å². The number of carbonyl (C=O) groups is 1. The van der Waals surface area contributed by atoms with E-state index in [1.807, 2.05) is 24.3 Å². The van der Waals surface area contributed by atoms with Crippen molar-refractivity contribution in [2.45, 2.75) is 44.2 Å². The minimum absolute atomic E-state index is 0.229. The lowest BCUT2D eigenvalue weighted by molar-refractivity contribution is 0.174. The van der Waals surface area contributed by atoms with E-state index in [2.05, 4.69) is 10.6 Å². The molecule has 3 nitrogen and oxygen atoms in total. The van der Waals surface area contributed by atoms with Crippen molar-refractivity contribution in [3.8, 4) is 0 Å². The van der Waals surface area contributed by atoms with Gasteiger partial charge in [-0.05, 0) is 56.4 Å². The first-order valence-electron chi connectivity index (χ1n) is 8.55. The lowest BCUT2D eigenvalue weighted by atomic mass is 9.73. The molecule has 25 heavy (non-hydrogen) atoms. The van der Waals surface area contributed by atoms with Crippen molar-refractivity contribution in [2.75, 3.05) is 0 Å². The summed E-state index contributed by atoms with van der Waals surface area (Å²) in [6, 6.07) is 13.6. The summed E-state index contributed by atoms with van der Waals surface area (Å²) in [5, 5.41) is 6.66. The molecule has 132 valence electrons. The van der Waals surface area contributed by atoms with Gasteiger partial charge in [0.25, 0.3) is 0 Å². The molecule has 1 fully saturated rings. The maximum absolute atomic E-state index is 13.8. The molecule has 0 bridgehead atoms. The maximum Gasteiger partial charge on any atom is 0.315 e. The van der Waals surface area contributed by atoms with E-state index in [0.717, 1.165) is 31.2 Å². The highest BCUT2D eigenvalue weighted by Crippen LogP contribution is 2.35. The molecule has 2 amide bonds. The second-order valence-electron chi connectivity index (χ2n) is 6.78. The number of benzene rings is 2. The summed E-state index contributed by atoms with van der Waals surface area (Å²) in [4.78, 5) is 12.4. The summed E-state index contributed by atoms with van der Waals surface area (Å²) in [6.07, 6.45) is 3.75. The number of halogens is 2. The highest BCUT2D eigenvalue weighted by Gasteiger charge is 2.38. The van der Waals surface area contributed by atoms with Gasteiger partial charge in [0.1, 0.15) is 5.82 Å². The monoisotopic (exact) mass is 360 g/mol. The van der Waals surface area contributed by atoms with E-state index in [1.54, 1.807) is 25.1 Å². The summed E-state index contributed by atoms with van der Waals surface area (Å²) in [5.74, 6) is -0.310. The predicted octanol–water partition coefficient (Wildman–Crippen LogP) is 5.00. The van der Waals surface area contributed by atoms with Gasteiger partial charge >= 0.3 is 6.03 Å². The molecule has 2 aromatic carbocycles. The first-order valence-corrected chi connectivity index (χ1v) is 8.93. The van der Waals surface area contributed by atoms with E-state index in [-0.39, 0.29) is 17.4 Å². The number of carbonyl (C=O) groups excluding carboxylic acids is 1. The van der Waals surface area contributed by atoms with E-state index in [0.29, 0.717) is 10.6 Å². The molecule has 3 rings (SSSR count). The maximum atomic E-state index is 13.8. The molecule has 5 heteroatoms. The molecule has 1 saturated carbocycles. The van der Waals surface area contributed by atoms with Crippen LogP contribution in [0.15, 0.2) is 48.5 Å². The summed E-state index contributed by atoms with van der Waals surface area (Å²) in [7, 11) is 0. The second kappa shape index (κ2) is 7.44. The molecule has 0 aliphatic heterocycles. The third-order valence-electron chi connectivity index (χ3n) is 4.86. The number of nitrogens with one attached hydrogen (secondary N) is 2. The van der Waals surface area contributed by atoms with E-state index < -0.39 is 6.04 Å². The topological polar surface area (TPSA) is 41.1 Å². The Kier molecular flexibility index (Phi) is 5.28. The minimum atomic E-state index is -0.395. The molecule has 2 aromatic rings. The molecular weight excluding hydrogens is 339 g/mol. The number of urea groups is 1. The van der Waals surface area contributed by atoms with Gasteiger partial charge in [0.15, 0.2) is 0 Å². The zero-order chi connectivity index (χ0) is 17.9. The van der Waals surface area contributed by atoms with E-state index in [1.165, 1.54) is 6.07 Å². The van der Waals surface area contributed by atoms with E-state index in [9.17, 15) is 9.18 Å². The molecular formula is C20H22ClFN2O. The zero-order valence-electron chi connectivity index (χ0n) is 14.2. The van der Waals surface area contributed by atoms with Gasteiger partial charge < -0.3 is 10.6 Å². The highest BCUT2D eigenvalue weighted by atomic mass is 35.5. The van der Waals surface area contributed by atoms with Gasteiger partial charge in [-0.25, -0.2) is 9.18 Å². The van der Waals surface area contributed by atoms with Gasteiger partial charge in [0.2, 0.25) is 0 Å². The molecule has 0 heterocycles. The van der Waals surface area contributed by atoms with Crippen molar-refractivity contribution < 1.29 is 9.18 Å². The van der Waals surface area contributed by atoms with E-state index >= 15 is 0 Å². The minimum Gasteiger partial charge on any atom is -0.332 e. The Morgan fingerprint density at radius 2 is 1.88 bits per heavy atom. The van der Waals surface area contributed by atoms with Gasteiger partial charge in [0.05, 0.1) is 6.04 Å². The summed E-state index contributed by atoms with van der Waals surface area (Å²) in [5.41, 5.74) is 1.40. The Bertz CT molecular complexity index is 744. The number of amides is 2. The molecule has 0 saturated heterocycles. The van der Waals surface area contributed by atoms with Gasteiger partial charge in [-0.1, -0.05) is 41.9 Å². The SMILES string of the molecule is C[C@H](NC(=O)NC1(Cc2ccc(Cl)cc2)CCC1)c1ccccc1F. The van der Waals surface area contributed by atoms with Crippen molar-refractivity contribution in [3.63, 3.8) is 0 Å². The lowest BCUT2D eigenvalue weighted by Gasteiger charge is -2.43. The van der Waals surface area contributed by atoms with Crippen LogP contribution in [0.4, 0.5) is 9.18 Å². The second-order valence-corrected chi connectivity index (χ2v) is 7.22. The zero-order valence-corrected chi connectivity index (χ0v) is 14.9. The Balaban J connectivity index is 1.62. The van der Waals surface area contributed by atoms with Gasteiger partial charge in [-0.3, -0.25) is 0 Å². The summed E-state index contributed by atoms with van der Waals surface area (Å²) < 4.78 is 13.8. The normalized spacial score (nSPS) is 16.6. The smallest absolute Gasteiger partial charge is 0.315 e. The quantitative estimate of drug-likeness (QED) is 0.773. The first kappa shape index (κ1) is 17.7. The van der Waals surface area contributed by atoms with Crippen molar-refractivity contribution in [2.24, 2.45) is 0 Å². The van der Waals surface area contributed by atoms with Crippen LogP contribution in [-0.4, -0.2) is 11.6 Å². The Labute approximate surface area is 152 Å². The third kappa shape index (κ3) is 4.31. The first-order chi connectivity index (χ1) is 12.0. The largest absolute Gasteiger partial charge is 0.332 e. The molecule has 2 N–H and O–H groups in total. The number of hydrogen-bond acceptors (Lipinski definition) is 1. The fourth-order valence-corrected chi connectivity index (χ4v) is 3.45. The number of hydrogen-bond donors (Lipinski definition) is 2. The number of rotatable bonds is 5. The van der Waals surface area contributed by atoms with Crippen molar-refractivity contribution in [3.05, 3.63) is 70.5 Å². The van der Waals surface area contributed by atoms with Crippen LogP contribution in [0.2, 0.25) is 5.02 Å². The van der Waals surface area contributed by atoms with Crippen LogP contribution in [0, 0.1) is 5.82 Å². The van der Waals surface area contributed by atoms with Crippen LogP contribution in [-0.2, 0) is 6.42 Å². The van der Waals surface area contributed by atoms with Gasteiger partial charge in [-0.15, -0.1) is 0 Å². The fraction of sp³-hybridized carbons (Fsp3) is 0.350. The average Bonchev–Trinajstić information content (AvgIpc) is 2.55. The molecule has 1 aliphatic rings. The molecule has 0 aromatic heterocycles. The Hall–Kier alpha value is -2.07.